The van der Waals surface area contributed by atoms with E-state index < -0.39 is 0 Å². The molecule has 0 fully saturated rings. The minimum Gasteiger partial charge on any atom is -0.297 e. The first-order chi connectivity index (χ1) is 11.0. The molecule has 0 aliphatic rings. The number of anilines is 1. The molecule has 1 amide bonds. The zero-order chi connectivity index (χ0) is 16.4. The van der Waals surface area contributed by atoms with E-state index in [9.17, 15) is 9.59 Å². The number of hydrogen-bond acceptors (Lipinski definition) is 5. The Bertz CT molecular complexity index is 868. The van der Waals surface area contributed by atoms with Crippen molar-refractivity contribution in [3.63, 3.8) is 0 Å². The van der Waals surface area contributed by atoms with Crippen molar-refractivity contribution in [1.29, 1.82) is 0 Å². The number of ketones is 1. The first kappa shape index (κ1) is 15.9. The van der Waals surface area contributed by atoms with Gasteiger partial charge in [0.15, 0.2) is 10.9 Å². The van der Waals surface area contributed by atoms with E-state index >= 15 is 0 Å². The number of hydrogen-bond donors (Lipinski definition) is 1. The van der Waals surface area contributed by atoms with Gasteiger partial charge in [-0.3, -0.25) is 14.9 Å². The number of thiophene rings is 1. The number of carbonyl (C=O) groups excluding carboxylic acids is 2. The molecular formula is C16H11ClN2O2S2. The van der Waals surface area contributed by atoms with E-state index in [1.165, 1.54) is 29.6 Å². The molecule has 0 unspecified atom stereocenters. The van der Waals surface area contributed by atoms with Crippen molar-refractivity contribution in [3.8, 4) is 11.3 Å². The Morgan fingerprint density at radius 1 is 1.09 bits per heavy atom. The molecule has 2 aromatic heterocycles. The van der Waals surface area contributed by atoms with Crippen LogP contribution < -0.4 is 5.32 Å². The van der Waals surface area contributed by atoms with Crippen LogP contribution in [0.2, 0.25) is 5.02 Å². The van der Waals surface area contributed by atoms with E-state index in [1.54, 1.807) is 24.3 Å². The third kappa shape index (κ3) is 3.67. The van der Waals surface area contributed by atoms with Crippen molar-refractivity contribution in [3.05, 3.63) is 56.6 Å². The summed E-state index contributed by atoms with van der Waals surface area (Å²) in [5, 5.41) is 5.80. The fourth-order valence-electron chi connectivity index (χ4n) is 1.89. The maximum atomic E-state index is 12.2. The van der Waals surface area contributed by atoms with Crippen LogP contribution >= 0.6 is 34.3 Å². The van der Waals surface area contributed by atoms with Crippen LogP contribution in [0.3, 0.4) is 0 Å². The number of amides is 1. The van der Waals surface area contributed by atoms with Crippen molar-refractivity contribution >= 4 is 51.1 Å². The average molecular weight is 363 g/mol. The minimum absolute atomic E-state index is 0.0478. The summed E-state index contributed by atoms with van der Waals surface area (Å²) in [5.74, 6) is -0.312. The summed E-state index contributed by atoms with van der Waals surface area (Å²) in [4.78, 5) is 28.9. The van der Waals surface area contributed by atoms with Gasteiger partial charge in [0.2, 0.25) is 0 Å². The second-order valence-electron chi connectivity index (χ2n) is 4.72. The first-order valence-electron chi connectivity index (χ1n) is 6.66. The van der Waals surface area contributed by atoms with Crippen molar-refractivity contribution in [2.45, 2.75) is 6.92 Å². The van der Waals surface area contributed by atoms with Gasteiger partial charge in [0, 0.05) is 16.0 Å². The molecule has 0 spiro atoms. The Morgan fingerprint density at radius 2 is 1.78 bits per heavy atom. The van der Waals surface area contributed by atoms with Crippen LogP contribution in [0.1, 0.15) is 26.3 Å². The van der Waals surface area contributed by atoms with Crippen LogP contribution in [0.15, 0.2) is 41.8 Å². The smallest absolute Gasteiger partial charge is 0.267 e. The summed E-state index contributed by atoms with van der Waals surface area (Å²) in [7, 11) is 0. The van der Waals surface area contributed by atoms with Crippen molar-refractivity contribution in [2.75, 3.05) is 5.32 Å². The summed E-state index contributed by atoms with van der Waals surface area (Å²) < 4.78 is 0. The van der Waals surface area contributed by atoms with Crippen LogP contribution in [0, 0.1) is 0 Å². The highest BCUT2D eigenvalue weighted by Gasteiger charge is 2.13. The fraction of sp³-hybridized carbons (Fsp3) is 0.0625. The van der Waals surface area contributed by atoms with Gasteiger partial charge in [-0.1, -0.05) is 23.7 Å². The molecule has 23 heavy (non-hydrogen) atoms. The quantitative estimate of drug-likeness (QED) is 0.666. The number of aromatic nitrogens is 1. The number of benzene rings is 1. The molecule has 3 rings (SSSR count). The number of carbonyl (C=O) groups is 2. The fourth-order valence-corrected chi connectivity index (χ4v) is 3.53. The van der Waals surface area contributed by atoms with Crippen LogP contribution in [-0.4, -0.2) is 16.7 Å². The topological polar surface area (TPSA) is 59.1 Å². The third-order valence-electron chi connectivity index (χ3n) is 3.04. The van der Waals surface area contributed by atoms with Crippen molar-refractivity contribution < 1.29 is 9.59 Å². The van der Waals surface area contributed by atoms with Gasteiger partial charge >= 0.3 is 0 Å². The lowest BCUT2D eigenvalue weighted by Gasteiger charge is -1.99. The Balaban J connectivity index is 1.74. The van der Waals surface area contributed by atoms with E-state index in [1.807, 2.05) is 17.5 Å². The van der Waals surface area contributed by atoms with Gasteiger partial charge < -0.3 is 0 Å². The molecule has 1 aromatic carbocycles. The number of halogens is 1. The standard InChI is InChI=1S/C16H11ClN2O2S2/c1-9(20)13-6-7-14(23-13)15(21)19-16-18-12(8-22-16)10-2-4-11(17)5-3-10/h2-8H,1H3,(H,18,19,21). The summed E-state index contributed by atoms with van der Waals surface area (Å²) in [6.07, 6.45) is 0. The molecule has 0 saturated carbocycles. The van der Waals surface area contributed by atoms with E-state index in [-0.39, 0.29) is 11.7 Å². The van der Waals surface area contributed by atoms with Gasteiger partial charge in [0.1, 0.15) is 0 Å². The van der Waals surface area contributed by atoms with Crippen molar-refractivity contribution in [1.82, 2.24) is 4.98 Å². The second kappa shape index (κ2) is 6.62. The molecule has 0 aliphatic carbocycles. The molecule has 116 valence electrons. The highest BCUT2D eigenvalue weighted by molar-refractivity contribution is 7.16. The Kier molecular flexibility index (Phi) is 4.56. The molecule has 1 N–H and O–H groups in total. The SMILES string of the molecule is CC(=O)c1ccc(C(=O)Nc2nc(-c3ccc(Cl)cc3)cs2)s1. The van der Waals surface area contributed by atoms with Gasteiger partial charge in [0.05, 0.1) is 15.4 Å². The molecule has 0 bridgehead atoms. The van der Waals surface area contributed by atoms with E-state index in [2.05, 4.69) is 10.3 Å². The Hall–Kier alpha value is -2.02. The molecule has 0 saturated heterocycles. The number of nitrogens with zero attached hydrogens (tertiary/aromatic N) is 1. The Morgan fingerprint density at radius 3 is 2.43 bits per heavy atom. The van der Waals surface area contributed by atoms with Crippen LogP contribution in [0.25, 0.3) is 11.3 Å². The van der Waals surface area contributed by atoms with Gasteiger partial charge in [-0.15, -0.1) is 22.7 Å². The molecule has 2 heterocycles. The summed E-state index contributed by atoms with van der Waals surface area (Å²) in [6, 6.07) is 10.6. The maximum Gasteiger partial charge on any atom is 0.267 e. The monoisotopic (exact) mass is 362 g/mol. The lowest BCUT2D eigenvalue weighted by molar-refractivity contribution is 0.101. The molecule has 7 heteroatoms. The zero-order valence-corrected chi connectivity index (χ0v) is 14.4. The van der Waals surface area contributed by atoms with Gasteiger partial charge in [-0.2, -0.15) is 0 Å². The summed E-state index contributed by atoms with van der Waals surface area (Å²) in [5.41, 5.74) is 1.71. The highest BCUT2D eigenvalue weighted by Crippen LogP contribution is 2.27. The molecule has 0 atom stereocenters. The largest absolute Gasteiger partial charge is 0.297 e. The number of Topliss-reactive ketones (excluding diaryl/α,β-unsaturated/α-hetero) is 1. The first-order valence-corrected chi connectivity index (χ1v) is 8.74. The highest BCUT2D eigenvalue weighted by atomic mass is 35.5. The molecule has 4 nitrogen and oxygen atoms in total. The normalized spacial score (nSPS) is 10.5. The lowest BCUT2D eigenvalue weighted by atomic mass is 10.2. The van der Waals surface area contributed by atoms with Gasteiger partial charge in [-0.25, -0.2) is 4.98 Å². The van der Waals surface area contributed by atoms with Gasteiger partial charge in [-0.05, 0) is 31.2 Å². The number of rotatable bonds is 4. The molecule has 0 radical (unpaired) electrons. The third-order valence-corrected chi connectivity index (χ3v) is 5.24. The summed E-state index contributed by atoms with van der Waals surface area (Å²) in [6.45, 7) is 1.48. The zero-order valence-electron chi connectivity index (χ0n) is 12.0. The molecular weight excluding hydrogens is 352 g/mol. The molecule has 0 aliphatic heterocycles. The van der Waals surface area contributed by atoms with Gasteiger partial charge in [0.25, 0.3) is 5.91 Å². The lowest BCUT2D eigenvalue weighted by Crippen LogP contribution is -2.09. The van der Waals surface area contributed by atoms with E-state index in [0.29, 0.717) is 19.9 Å². The Labute approximate surface area is 145 Å². The van der Waals surface area contributed by atoms with Crippen LogP contribution in [0.5, 0.6) is 0 Å². The number of nitrogens with one attached hydrogen (secondary N) is 1. The van der Waals surface area contributed by atoms with Crippen LogP contribution in [-0.2, 0) is 0 Å². The van der Waals surface area contributed by atoms with E-state index in [4.69, 9.17) is 11.6 Å². The van der Waals surface area contributed by atoms with Crippen molar-refractivity contribution in [2.24, 2.45) is 0 Å². The van der Waals surface area contributed by atoms with Crippen LogP contribution in [0.4, 0.5) is 5.13 Å². The maximum absolute atomic E-state index is 12.2. The van der Waals surface area contributed by atoms with E-state index in [0.717, 1.165) is 11.3 Å². The minimum atomic E-state index is -0.264. The average Bonchev–Trinajstić information content (AvgIpc) is 3.17. The molecule has 3 aromatic rings. The second-order valence-corrected chi connectivity index (χ2v) is 7.10. The predicted octanol–water partition coefficient (Wildman–Crippen LogP) is 4.98. The number of thiazole rings is 1. The predicted molar refractivity (Wildman–Crippen MR) is 94.8 cm³/mol. The summed E-state index contributed by atoms with van der Waals surface area (Å²) >= 11 is 8.39.